The number of carbonyl (C=O) groups is 1. The van der Waals surface area contributed by atoms with E-state index in [-0.39, 0.29) is 5.91 Å². The Kier molecular flexibility index (Phi) is 5.02. The summed E-state index contributed by atoms with van der Waals surface area (Å²) in [7, 11) is 1.63. The standard InChI is InChI=1S/C20H15Cl2N3O2S/c1-11-18(19(26)23-16-8-5-13(21)9-15(16)22)28-20-24-17(10-25(11)20)12-3-6-14(27-2)7-4-12/h3-10H,1-2H3,(H,23,26). The highest BCUT2D eigenvalue weighted by Gasteiger charge is 2.19. The largest absolute Gasteiger partial charge is 0.497 e. The molecule has 2 aromatic carbocycles. The second-order valence-corrected chi connectivity index (χ2v) is 7.92. The summed E-state index contributed by atoms with van der Waals surface area (Å²) in [5, 5.41) is 3.73. The zero-order chi connectivity index (χ0) is 19.8. The number of thiazole rings is 1. The molecule has 0 aliphatic rings. The Balaban J connectivity index is 1.62. The Hall–Kier alpha value is -2.54. The highest BCUT2D eigenvalue weighted by Crippen LogP contribution is 2.30. The maximum absolute atomic E-state index is 12.7. The van der Waals surface area contributed by atoms with E-state index in [1.54, 1.807) is 25.3 Å². The average Bonchev–Trinajstić information content (AvgIpc) is 3.24. The number of hydrogen-bond acceptors (Lipinski definition) is 4. The number of hydrogen-bond donors (Lipinski definition) is 1. The lowest BCUT2D eigenvalue weighted by atomic mass is 10.2. The van der Waals surface area contributed by atoms with Crippen LogP contribution in [0.4, 0.5) is 5.69 Å². The molecule has 0 unspecified atom stereocenters. The molecule has 2 heterocycles. The highest BCUT2D eigenvalue weighted by molar-refractivity contribution is 7.19. The minimum Gasteiger partial charge on any atom is -0.497 e. The molecule has 0 aliphatic carbocycles. The fraction of sp³-hybridized carbons (Fsp3) is 0.100. The smallest absolute Gasteiger partial charge is 0.267 e. The van der Waals surface area contributed by atoms with Crippen molar-refractivity contribution < 1.29 is 9.53 Å². The Morgan fingerprint density at radius 3 is 2.57 bits per heavy atom. The molecule has 8 heteroatoms. The van der Waals surface area contributed by atoms with Crippen molar-refractivity contribution >= 4 is 51.1 Å². The monoisotopic (exact) mass is 431 g/mol. The van der Waals surface area contributed by atoms with Crippen LogP contribution in [0.1, 0.15) is 15.4 Å². The number of nitrogens with one attached hydrogen (secondary N) is 1. The highest BCUT2D eigenvalue weighted by atomic mass is 35.5. The van der Waals surface area contributed by atoms with Crippen LogP contribution in [-0.2, 0) is 0 Å². The van der Waals surface area contributed by atoms with Gasteiger partial charge in [0.1, 0.15) is 10.6 Å². The van der Waals surface area contributed by atoms with E-state index in [9.17, 15) is 4.79 Å². The minimum absolute atomic E-state index is 0.233. The van der Waals surface area contributed by atoms with Crippen molar-refractivity contribution in [1.82, 2.24) is 9.38 Å². The van der Waals surface area contributed by atoms with Gasteiger partial charge in [-0.2, -0.15) is 0 Å². The molecule has 0 saturated heterocycles. The SMILES string of the molecule is COc1ccc(-c2cn3c(C)c(C(=O)Nc4ccc(Cl)cc4Cl)sc3n2)cc1. The molecule has 0 aliphatic heterocycles. The van der Waals surface area contributed by atoms with Crippen LogP contribution < -0.4 is 10.1 Å². The van der Waals surface area contributed by atoms with Gasteiger partial charge in [-0.05, 0) is 49.4 Å². The first-order chi connectivity index (χ1) is 13.5. The third-order valence-corrected chi connectivity index (χ3v) is 6.03. The summed E-state index contributed by atoms with van der Waals surface area (Å²) in [6.45, 7) is 1.89. The average molecular weight is 432 g/mol. The van der Waals surface area contributed by atoms with Gasteiger partial charge < -0.3 is 10.1 Å². The molecule has 5 nitrogen and oxygen atoms in total. The first-order valence-corrected chi connectivity index (χ1v) is 9.93. The number of nitrogens with zero attached hydrogens (tertiary/aromatic N) is 2. The maximum Gasteiger partial charge on any atom is 0.267 e. The summed E-state index contributed by atoms with van der Waals surface area (Å²) in [6, 6.07) is 12.6. The van der Waals surface area contributed by atoms with Gasteiger partial charge in [-0.1, -0.05) is 34.5 Å². The number of ether oxygens (including phenoxy) is 1. The Labute approximate surface area is 175 Å². The molecule has 142 valence electrons. The number of amides is 1. The number of benzene rings is 2. The van der Waals surface area contributed by atoms with Crippen LogP contribution in [0.5, 0.6) is 5.75 Å². The molecule has 4 aromatic rings. The lowest BCUT2D eigenvalue weighted by Crippen LogP contribution is -2.12. The van der Waals surface area contributed by atoms with Gasteiger partial charge in [0.25, 0.3) is 5.91 Å². The first-order valence-electron chi connectivity index (χ1n) is 8.35. The summed E-state index contributed by atoms with van der Waals surface area (Å²) >= 11 is 13.4. The number of fused-ring (bicyclic) bond motifs is 1. The van der Waals surface area contributed by atoms with Crippen LogP contribution in [0, 0.1) is 6.92 Å². The molecule has 28 heavy (non-hydrogen) atoms. The second-order valence-electron chi connectivity index (χ2n) is 6.10. The van der Waals surface area contributed by atoms with Crippen molar-refractivity contribution in [3.05, 3.63) is 69.3 Å². The molecule has 0 fully saturated rings. The van der Waals surface area contributed by atoms with Crippen molar-refractivity contribution in [3.63, 3.8) is 0 Å². The van der Waals surface area contributed by atoms with Crippen molar-refractivity contribution in [1.29, 1.82) is 0 Å². The first kappa shape index (κ1) is 18.8. The fourth-order valence-corrected chi connectivity index (χ4v) is 4.29. The second kappa shape index (κ2) is 7.47. The Morgan fingerprint density at radius 1 is 1.18 bits per heavy atom. The van der Waals surface area contributed by atoms with Crippen molar-refractivity contribution in [2.45, 2.75) is 6.92 Å². The number of carbonyl (C=O) groups excluding carboxylic acids is 1. The lowest BCUT2D eigenvalue weighted by Gasteiger charge is -2.07. The molecule has 4 rings (SSSR count). The van der Waals surface area contributed by atoms with Crippen LogP contribution in [0.3, 0.4) is 0 Å². The quantitative estimate of drug-likeness (QED) is 0.434. The van der Waals surface area contributed by atoms with Crippen molar-refractivity contribution in [2.24, 2.45) is 0 Å². The number of halogens is 2. The van der Waals surface area contributed by atoms with E-state index in [0.717, 1.165) is 27.7 Å². The topological polar surface area (TPSA) is 55.6 Å². The molecule has 0 saturated carbocycles. The molecule has 2 aromatic heterocycles. The predicted octanol–water partition coefficient (Wildman–Crippen LogP) is 5.94. The van der Waals surface area contributed by atoms with E-state index in [2.05, 4.69) is 10.3 Å². The van der Waals surface area contributed by atoms with Crippen LogP contribution in [-0.4, -0.2) is 22.4 Å². The van der Waals surface area contributed by atoms with Gasteiger partial charge in [0.2, 0.25) is 0 Å². The zero-order valence-electron chi connectivity index (χ0n) is 15.0. The normalized spacial score (nSPS) is 11.0. The number of methoxy groups -OCH3 is 1. The van der Waals surface area contributed by atoms with Crippen LogP contribution in [0.25, 0.3) is 16.2 Å². The van der Waals surface area contributed by atoms with Gasteiger partial charge in [0.15, 0.2) is 4.96 Å². The molecule has 1 N–H and O–H groups in total. The molecule has 0 radical (unpaired) electrons. The van der Waals surface area contributed by atoms with E-state index in [0.29, 0.717) is 20.6 Å². The van der Waals surface area contributed by atoms with Crippen LogP contribution in [0.2, 0.25) is 10.0 Å². The van der Waals surface area contributed by atoms with Crippen LogP contribution in [0.15, 0.2) is 48.7 Å². The molecule has 1 amide bonds. The molecule has 0 bridgehead atoms. The van der Waals surface area contributed by atoms with Gasteiger partial charge in [0.05, 0.1) is 23.5 Å². The summed E-state index contributed by atoms with van der Waals surface area (Å²) in [5.41, 5.74) is 3.15. The van der Waals surface area contributed by atoms with Crippen LogP contribution >= 0.6 is 34.5 Å². The number of aryl methyl sites for hydroxylation is 1. The summed E-state index contributed by atoms with van der Waals surface area (Å²) in [6.07, 6.45) is 1.93. The number of rotatable bonds is 4. The fourth-order valence-electron chi connectivity index (χ4n) is 2.83. The van der Waals surface area contributed by atoms with E-state index < -0.39 is 0 Å². The maximum atomic E-state index is 12.7. The van der Waals surface area contributed by atoms with Crippen molar-refractivity contribution in [2.75, 3.05) is 12.4 Å². The third-order valence-electron chi connectivity index (χ3n) is 4.33. The van der Waals surface area contributed by atoms with Gasteiger partial charge in [-0.15, -0.1) is 0 Å². The Morgan fingerprint density at radius 2 is 1.93 bits per heavy atom. The number of anilines is 1. The molecular formula is C20H15Cl2N3O2S. The number of aromatic nitrogens is 2. The van der Waals surface area contributed by atoms with Crippen molar-refractivity contribution in [3.8, 4) is 17.0 Å². The molecular weight excluding hydrogens is 417 g/mol. The summed E-state index contributed by atoms with van der Waals surface area (Å²) in [5.74, 6) is 0.559. The Bertz CT molecular complexity index is 1180. The summed E-state index contributed by atoms with van der Waals surface area (Å²) in [4.78, 5) is 18.7. The number of imidazole rings is 1. The van der Waals surface area contributed by atoms with E-state index in [1.807, 2.05) is 41.8 Å². The third kappa shape index (κ3) is 3.46. The predicted molar refractivity (Wildman–Crippen MR) is 114 cm³/mol. The van der Waals surface area contributed by atoms with Gasteiger partial charge in [-0.3, -0.25) is 9.20 Å². The molecule has 0 spiro atoms. The lowest BCUT2D eigenvalue weighted by molar-refractivity contribution is 0.102. The minimum atomic E-state index is -0.233. The van der Waals surface area contributed by atoms with Gasteiger partial charge in [0, 0.05) is 22.5 Å². The molecule has 0 atom stereocenters. The zero-order valence-corrected chi connectivity index (χ0v) is 17.3. The van der Waals surface area contributed by atoms with Gasteiger partial charge in [-0.25, -0.2) is 4.98 Å². The van der Waals surface area contributed by atoms with Gasteiger partial charge >= 0.3 is 0 Å². The summed E-state index contributed by atoms with van der Waals surface area (Å²) < 4.78 is 7.11. The van der Waals surface area contributed by atoms with E-state index in [1.165, 1.54) is 11.3 Å². The van der Waals surface area contributed by atoms with E-state index in [4.69, 9.17) is 27.9 Å². The van der Waals surface area contributed by atoms with E-state index >= 15 is 0 Å².